The second kappa shape index (κ2) is 16.2. The minimum absolute atomic E-state index is 0.0364. The van der Waals surface area contributed by atoms with Crippen molar-refractivity contribution in [2.24, 2.45) is 5.92 Å². The Morgan fingerprint density at radius 1 is 1.00 bits per heavy atom. The van der Waals surface area contributed by atoms with Crippen LogP contribution in [0.1, 0.15) is 80.9 Å². The van der Waals surface area contributed by atoms with Crippen molar-refractivity contribution >= 4 is 5.97 Å². The highest BCUT2D eigenvalue weighted by atomic mass is 19.3. The Bertz CT molecular complexity index is 1050. The maximum Gasteiger partial charge on any atom is 0.333 e. The molecule has 0 radical (unpaired) electrons. The Morgan fingerprint density at radius 2 is 1.62 bits per heavy atom. The van der Waals surface area contributed by atoms with Gasteiger partial charge in [0.1, 0.15) is 12.4 Å². The molecule has 1 atom stereocenters. The van der Waals surface area contributed by atoms with Gasteiger partial charge in [-0.2, -0.15) is 8.78 Å². The molecule has 0 spiro atoms. The van der Waals surface area contributed by atoms with Gasteiger partial charge in [-0.05, 0) is 105 Å². The van der Waals surface area contributed by atoms with Gasteiger partial charge in [-0.3, -0.25) is 0 Å². The predicted octanol–water partition coefficient (Wildman–Crippen LogP) is 7.95. The van der Waals surface area contributed by atoms with Crippen LogP contribution in [0, 0.1) is 5.92 Å². The largest absolute Gasteiger partial charge is 0.484 e. The molecule has 39 heavy (non-hydrogen) atoms. The van der Waals surface area contributed by atoms with Gasteiger partial charge >= 0.3 is 5.97 Å². The summed E-state index contributed by atoms with van der Waals surface area (Å²) >= 11 is 0. The van der Waals surface area contributed by atoms with Crippen LogP contribution in [-0.4, -0.2) is 30.4 Å². The maximum atomic E-state index is 12.1. The average molecular weight is 541 g/mol. The number of hydrogen-bond donors (Lipinski definition) is 1. The molecule has 1 aliphatic carbocycles. The summed E-state index contributed by atoms with van der Waals surface area (Å²) < 4.78 is 35.1. The van der Waals surface area contributed by atoms with Crippen LogP contribution in [0.25, 0.3) is 0 Å². The Labute approximate surface area is 231 Å². The topological polar surface area (TPSA) is 55.8 Å². The second-order valence-corrected chi connectivity index (χ2v) is 10.7. The van der Waals surface area contributed by atoms with Crippen LogP contribution in [0.3, 0.4) is 0 Å². The number of ether oxygens (including phenoxy) is 2. The van der Waals surface area contributed by atoms with Crippen molar-refractivity contribution in [3.63, 3.8) is 0 Å². The molecule has 3 rings (SSSR count). The van der Waals surface area contributed by atoms with Crippen LogP contribution in [-0.2, 0) is 22.4 Å². The summed E-state index contributed by atoms with van der Waals surface area (Å²) in [5, 5.41) is 9.52. The Morgan fingerprint density at radius 3 is 2.18 bits per heavy atom. The van der Waals surface area contributed by atoms with E-state index in [0.29, 0.717) is 23.7 Å². The van der Waals surface area contributed by atoms with E-state index in [1.54, 1.807) is 6.92 Å². The smallest absolute Gasteiger partial charge is 0.333 e. The van der Waals surface area contributed by atoms with Crippen molar-refractivity contribution in [1.82, 2.24) is 0 Å². The lowest BCUT2D eigenvalue weighted by Gasteiger charge is -2.29. The lowest BCUT2D eigenvalue weighted by Crippen LogP contribution is -2.28. The molecule has 0 amide bonds. The van der Waals surface area contributed by atoms with E-state index in [2.05, 4.69) is 30.8 Å². The molecule has 1 saturated carbocycles. The number of esters is 1. The number of allylic oxidation sites excluding steroid dienone is 1. The van der Waals surface area contributed by atoms with Crippen LogP contribution >= 0.6 is 0 Å². The number of unbranched alkanes of at least 4 members (excludes halogenated alkanes) is 2. The standard InChI is InChI=1S/C33H42F2O4/c1-24(2)33(37)38-23-31(22-36)39-30-20-14-27(15-21-30)9-8-26-12-18-29(19-13-26)28-16-10-25(11-17-28)6-4-3-5-7-32(34)35/h7,12-15,18-21,25,28,31,36H,1,3-6,8-11,16-17,22-23H2,2H3. The summed E-state index contributed by atoms with van der Waals surface area (Å²) in [7, 11) is 0. The SMILES string of the molecule is C=C(C)C(=O)OCC(CO)Oc1ccc(CCc2ccc(C3CCC(CCCCC=C(F)F)CC3)cc2)cc1. The highest BCUT2D eigenvalue weighted by Gasteiger charge is 2.22. The molecule has 0 bridgehead atoms. The molecule has 0 saturated heterocycles. The van der Waals surface area contributed by atoms with E-state index in [-0.39, 0.29) is 13.2 Å². The molecule has 1 aliphatic rings. The fraction of sp³-hybridized carbons (Fsp3) is 0.485. The van der Waals surface area contributed by atoms with Gasteiger partial charge in [0.05, 0.1) is 6.61 Å². The van der Waals surface area contributed by atoms with Gasteiger partial charge < -0.3 is 14.6 Å². The highest BCUT2D eigenvalue weighted by Crippen LogP contribution is 2.37. The first-order chi connectivity index (χ1) is 18.8. The van der Waals surface area contributed by atoms with Crippen LogP contribution in [0.2, 0.25) is 0 Å². The summed E-state index contributed by atoms with van der Waals surface area (Å²) in [6.07, 6.45) is 9.16. The Kier molecular flexibility index (Phi) is 12.7. The van der Waals surface area contributed by atoms with E-state index >= 15 is 0 Å². The molecule has 2 aromatic carbocycles. The van der Waals surface area contributed by atoms with Crippen molar-refractivity contribution in [3.8, 4) is 5.75 Å². The first kappa shape index (κ1) is 30.6. The van der Waals surface area contributed by atoms with Gasteiger partial charge in [0.2, 0.25) is 0 Å². The van der Waals surface area contributed by atoms with Crippen LogP contribution in [0.5, 0.6) is 5.75 Å². The molecule has 6 heteroatoms. The molecule has 0 aliphatic heterocycles. The lowest BCUT2D eigenvalue weighted by molar-refractivity contribution is -0.141. The summed E-state index contributed by atoms with van der Waals surface area (Å²) in [6, 6.07) is 16.8. The molecule has 2 aromatic rings. The zero-order chi connectivity index (χ0) is 28.0. The number of benzene rings is 2. The zero-order valence-electron chi connectivity index (χ0n) is 23.0. The fourth-order valence-electron chi connectivity index (χ4n) is 5.16. The third-order valence-electron chi connectivity index (χ3n) is 7.54. The lowest BCUT2D eigenvalue weighted by atomic mass is 9.77. The zero-order valence-corrected chi connectivity index (χ0v) is 23.0. The molecule has 0 aromatic heterocycles. The number of hydrogen-bond acceptors (Lipinski definition) is 4. The average Bonchev–Trinajstić information content (AvgIpc) is 2.95. The number of aliphatic hydroxyl groups excluding tert-OH is 1. The van der Waals surface area contributed by atoms with Gasteiger partial charge in [0.15, 0.2) is 6.10 Å². The van der Waals surface area contributed by atoms with Gasteiger partial charge in [0, 0.05) is 5.57 Å². The second-order valence-electron chi connectivity index (χ2n) is 10.7. The number of aliphatic hydroxyl groups is 1. The van der Waals surface area contributed by atoms with Gasteiger partial charge in [-0.15, -0.1) is 0 Å². The maximum absolute atomic E-state index is 12.1. The van der Waals surface area contributed by atoms with E-state index in [0.717, 1.165) is 44.1 Å². The molecular weight excluding hydrogens is 498 g/mol. The van der Waals surface area contributed by atoms with E-state index in [4.69, 9.17) is 9.47 Å². The summed E-state index contributed by atoms with van der Waals surface area (Å²) in [6.45, 7) is 4.82. The van der Waals surface area contributed by atoms with Crippen molar-refractivity contribution in [1.29, 1.82) is 0 Å². The summed E-state index contributed by atoms with van der Waals surface area (Å²) in [5.74, 6) is 1.48. The van der Waals surface area contributed by atoms with Gasteiger partial charge in [0.25, 0.3) is 6.08 Å². The van der Waals surface area contributed by atoms with Gasteiger partial charge in [-0.25, -0.2) is 4.79 Å². The van der Waals surface area contributed by atoms with E-state index < -0.39 is 18.2 Å². The van der Waals surface area contributed by atoms with E-state index in [1.807, 2.05) is 24.3 Å². The summed E-state index contributed by atoms with van der Waals surface area (Å²) in [5.41, 5.74) is 4.24. The first-order valence-electron chi connectivity index (χ1n) is 14.1. The molecular formula is C33H42F2O4. The molecule has 0 heterocycles. The minimum Gasteiger partial charge on any atom is -0.484 e. The van der Waals surface area contributed by atoms with Crippen molar-refractivity contribution in [3.05, 3.63) is 89.5 Å². The number of carbonyl (C=O) groups excluding carboxylic acids is 1. The predicted molar refractivity (Wildman–Crippen MR) is 151 cm³/mol. The normalized spacial score (nSPS) is 17.7. The van der Waals surface area contributed by atoms with Crippen molar-refractivity contribution < 1.29 is 28.2 Å². The minimum atomic E-state index is -1.56. The first-order valence-corrected chi connectivity index (χ1v) is 14.1. The van der Waals surface area contributed by atoms with Crippen LogP contribution in [0.15, 0.2) is 72.8 Å². The van der Waals surface area contributed by atoms with Crippen LogP contribution < -0.4 is 4.74 Å². The number of carbonyl (C=O) groups is 1. The molecule has 1 N–H and O–H groups in total. The van der Waals surface area contributed by atoms with Crippen molar-refractivity contribution in [2.75, 3.05) is 13.2 Å². The molecule has 1 unspecified atom stereocenters. The van der Waals surface area contributed by atoms with Crippen LogP contribution in [0.4, 0.5) is 8.78 Å². The monoisotopic (exact) mass is 540 g/mol. The number of halogens is 2. The van der Waals surface area contributed by atoms with Gasteiger partial charge in [-0.1, -0.05) is 55.8 Å². The molecule has 212 valence electrons. The Hall–Kier alpha value is -2.99. The third kappa shape index (κ3) is 11.0. The van der Waals surface area contributed by atoms with Crippen molar-refractivity contribution in [2.45, 2.75) is 83.2 Å². The number of rotatable bonds is 15. The fourth-order valence-corrected chi connectivity index (χ4v) is 5.16. The third-order valence-corrected chi connectivity index (χ3v) is 7.54. The molecule has 1 fully saturated rings. The molecule has 4 nitrogen and oxygen atoms in total. The van der Waals surface area contributed by atoms with E-state index in [1.165, 1.54) is 42.4 Å². The highest BCUT2D eigenvalue weighted by molar-refractivity contribution is 5.86. The summed E-state index contributed by atoms with van der Waals surface area (Å²) in [4.78, 5) is 11.5. The quantitative estimate of drug-likeness (QED) is 0.142. The number of aryl methyl sites for hydroxylation is 2. The Balaban J connectivity index is 1.37. The van der Waals surface area contributed by atoms with E-state index in [9.17, 15) is 18.7 Å².